The van der Waals surface area contributed by atoms with Crippen LogP contribution in [0.2, 0.25) is 0 Å². The average Bonchev–Trinajstić information content (AvgIpc) is 0.811. The highest BCUT2D eigenvalue weighted by atomic mass is 79.9. The van der Waals surface area contributed by atoms with E-state index in [1.807, 2.05) is 0 Å². The monoisotopic (exact) mass is 384 g/mol. The summed E-state index contributed by atoms with van der Waals surface area (Å²) < 4.78 is 0. The normalized spacial score (nSPS) is 4.00. The predicted molar refractivity (Wildman–Crippen MR) is 78.0 cm³/mol. The fourth-order valence-corrected chi connectivity index (χ4v) is 0. The van der Waals surface area contributed by atoms with E-state index in [0.717, 1.165) is 5.66 Å². The van der Waals surface area contributed by atoms with Gasteiger partial charge in [-0.1, -0.05) is 13.8 Å². The van der Waals surface area contributed by atoms with Crippen LogP contribution in [0.3, 0.4) is 0 Å². The van der Waals surface area contributed by atoms with Gasteiger partial charge in [-0.25, -0.2) is 0 Å². The van der Waals surface area contributed by atoms with Gasteiger partial charge in [0.25, 0.3) is 0 Å². The van der Waals surface area contributed by atoms with Gasteiger partial charge in [-0.3, -0.25) is 0 Å². The van der Waals surface area contributed by atoms with Gasteiger partial charge in [0, 0.05) is 0 Å². The van der Waals surface area contributed by atoms with Crippen LogP contribution >= 0.6 is 80.0 Å². The van der Waals surface area contributed by atoms with Gasteiger partial charge >= 0.3 is 0 Å². The summed E-state index contributed by atoms with van der Waals surface area (Å²) in [6, 6.07) is 0. The molecule has 3 atom stereocenters. The molecule has 0 aliphatic carbocycles. The van der Waals surface area contributed by atoms with Crippen molar-refractivity contribution in [1.29, 1.82) is 0 Å². The zero-order valence-electron chi connectivity index (χ0n) is 5.79. The summed E-state index contributed by atoms with van der Waals surface area (Å²) in [6.45, 7) is 4.26. The Morgan fingerprint density at radius 2 is 0.889 bits per heavy atom. The molecule has 0 fully saturated rings. The first kappa shape index (κ1) is 41.1. The van der Waals surface area contributed by atoms with Crippen LogP contribution in [0.1, 0.15) is 13.8 Å². The third-order valence-electron chi connectivity index (χ3n) is 0. The molecule has 0 heterocycles. The Hall–Kier alpha value is 2.73. The van der Waals surface area contributed by atoms with Crippen molar-refractivity contribution in [3.05, 3.63) is 0 Å². The molecule has 0 bridgehead atoms. The third-order valence-corrected chi connectivity index (χ3v) is 0. The van der Waals surface area contributed by atoms with E-state index in [4.69, 9.17) is 0 Å². The number of rotatable bonds is 0. The van der Waals surface area contributed by atoms with Crippen LogP contribution in [-0.2, 0) is 0 Å². The van der Waals surface area contributed by atoms with Gasteiger partial charge < -0.3 is 0 Å². The third kappa shape index (κ3) is 110. The molecular weight excluding hydrogens is 369 g/mol. The van der Waals surface area contributed by atoms with Crippen molar-refractivity contribution in [3.8, 4) is 0 Å². The van der Waals surface area contributed by atoms with E-state index in [1.54, 1.807) is 0 Å². The lowest BCUT2D eigenvalue weighted by molar-refractivity contribution is 1.12. The van der Waals surface area contributed by atoms with E-state index >= 15 is 0 Å². The summed E-state index contributed by atoms with van der Waals surface area (Å²) in [6.07, 6.45) is 0. The lowest BCUT2D eigenvalue weighted by Gasteiger charge is -1.79. The molecule has 3 unspecified atom stereocenters. The van der Waals surface area contributed by atoms with Crippen molar-refractivity contribution in [2.75, 3.05) is 0 Å². The minimum absolute atomic E-state index is 0. The van der Waals surface area contributed by atoms with Gasteiger partial charge in [-0.05, 0) is 5.66 Å². The molecule has 0 saturated heterocycles. The SMILES string of the molecule is Br.Br.Br.CC(C)P.P.P. The van der Waals surface area contributed by atoms with Crippen LogP contribution in [0.25, 0.3) is 0 Å². The molecule has 0 aromatic heterocycles. The second-order valence-electron chi connectivity index (χ2n) is 1.24. The highest BCUT2D eigenvalue weighted by Gasteiger charge is 1.68. The van der Waals surface area contributed by atoms with Crippen molar-refractivity contribution in [2.45, 2.75) is 19.5 Å². The van der Waals surface area contributed by atoms with E-state index in [-0.39, 0.29) is 70.7 Å². The molecule has 0 nitrogen and oxygen atoms in total. The molecule has 0 radical (unpaired) electrons. The maximum atomic E-state index is 2.66. The highest BCUT2D eigenvalue weighted by molar-refractivity contribution is 8.93. The molecule has 0 aliphatic rings. The summed E-state index contributed by atoms with van der Waals surface area (Å²) in [5.74, 6) is 0. The second kappa shape index (κ2) is 30.9. The molecule has 0 aromatic carbocycles. The van der Waals surface area contributed by atoms with Crippen molar-refractivity contribution in [3.63, 3.8) is 0 Å². The van der Waals surface area contributed by atoms with Gasteiger partial charge in [0.05, 0.1) is 0 Å². The number of halogens is 3. The Bertz CT molecular complexity index is 19.0. The van der Waals surface area contributed by atoms with Crippen molar-refractivity contribution in [2.24, 2.45) is 0 Å². The van der Waals surface area contributed by atoms with Crippen LogP contribution in [0, 0.1) is 0 Å². The molecule has 0 N–H and O–H groups in total. The first-order valence-electron chi connectivity index (χ1n) is 1.49. The van der Waals surface area contributed by atoms with Crippen LogP contribution in [-0.4, -0.2) is 5.66 Å². The van der Waals surface area contributed by atoms with Gasteiger partial charge in [-0.2, -0.15) is 19.8 Å². The minimum Gasteiger partial charge on any atom is -0.153 e. The van der Waals surface area contributed by atoms with E-state index in [1.165, 1.54) is 0 Å². The maximum absolute atomic E-state index is 2.66. The van der Waals surface area contributed by atoms with Crippen LogP contribution in [0.4, 0.5) is 0 Å². The zero-order valence-corrected chi connectivity index (χ0v) is 14.9. The summed E-state index contributed by atoms with van der Waals surface area (Å²) in [5, 5.41) is 0. The first-order valence-corrected chi connectivity index (χ1v) is 2.15. The lowest BCUT2D eigenvalue weighted by atomic mass is 10.6. The summed E-state index contributed by atoms with van der Waals surface area (Å²) >= 11 is 0. The van der Waals surface area contributed by atoms with Crippen molar-refractivity contribution < 1.29 is 0 Å². The first-order chi connectivity index (χ1) is 1.73. The van der Waals surface area contributed by atoms with Crippen molar-refractivity contribution >= 4 is 80.0 Å². The zero-order chi connectivity index (χ0) is 3.58. The van der Waals surface area contributed by atoms with Crippen LogP contribution in [0.15, 0.2) is 0 Å². The molecular formula is C3H18Br3P3. The summed E-state index contributed by atoms with van der Waals surface area (Å²) in [4.78, 5) is 0. The van der Waals surface area contributed by atoms with Crippen LogP contribution in [0.5, 0.6) is 0 Å². The van der Waals surface area contributed by atoms with Gasteiger partial charge in [0.15, 0.2) is 0 Å². The molecule has 0 amide bonds. The fraction of sp³-hybridized carbons (Fsp3) is 1.00. The van der Waals surface area contributed by atoms with Gasteiger partial charge in [0.2, 0.25) is 0 Å². The molecule has 0 rings (SSSR count). The van der Waals surface area contributed by atoms with E-state index in [9.17, 15) is 0 Å². The Morgan fingerprint density at radius 3 is 0.889 bits per heavy atom. The quantitative estimate of drug-likeness (QED) is 0.561. The largest absolute Gasteiger partial charge is 0.153 e. The van der Waals surface area contributed by atoms with E-state index in [2.05, 4.69) is 23.1 Å². The van der Waals surface area contributed by atoms with Gasteiger partial charge in [0.1, 0.15) is 0 Å². The maximum Gasteiger partial charge on any atom is -0.0321 e. The molecule has 66 valence electrons. The lowest BCUT2D eigenvalue weighted by Crippen LogP contribution is -1.69. The Kier molecular flexibility index (Phi) is 141. The van der Waals surface area contributed by atoms with Crippen molar-refractivity contribution in [1.82, 2.24) is 0 Å². The Balaban J connectivity index is -0.00000000450. The van der Waals surface area contributed by atoms with E-state index < -0.39 is 0 Å². The molecule has 0 aromatic rings. The van der Waals surface area contributed by atoms with Gasteiger partial charge in [-0.15, -0.1) is 60.2 Å². The standard InChI is InChI=1S/C3H9P.3BrH.2H3P/c1-3(2)4;;;;;/h3H,4H2,1-2H3;3*1H;2*1H3. The molecule has 0 aliphatic heterocycles. The summed E-state index contributed by atoms with van der Waals surface area (Å²) in [5.41, 5.74) is 0.750. The smallest absolute Gasteiger partial charge is 0.0321 e. The second-order valence-corrected chi connectivity index (χ2v) is 2.58. The Labute approximate surface area is 98.8 Å². The average molecular weight is 387 g/mol. The Morgan fingerprint density at radius 1 is 0.889 bits per heavy atom. The number of hydrogen-bond acceptors (Lipinski definition) is 0. The molecule has 6 heteroatoms. The van der Waals surface area contributed by atoms with E-state index in [0.29, 0.717) is 0 Å². The summed E-state index contributed by atoms with van der Waals surface area (Å²) in [7, 11) is 2.66. The molecule has 9 heavy (non-hydrogen) atoms. The molecule has 0 spiro atoms. The molecule has 0 saturated carbocycles. The fourth-order valence-electron chi connectivity index (χ4n) is 0. The topological polar surface area (TPSA) is 0 Å². The minimum atomic E-state index is 0. The predicted octanol–water partition coefficient (Wildman–Crippen LogP) is 3.12. The van der Waals surface area contributed by atoms with Crippen LogP contribution < -0.4 is 0 Å². The highest BCUT2D eigenvalue weighted by Crippen LogP contribution is 1.90. The number of hydrogen-bond donors (Lipinski definition) is 0.